The van der Waals surface area contributed by atoms with Crippen LogP contribution in [-0.2, 0) is 4.79 Å². The van der Waals surface area contributed by atoms with Gasteiger partial charge in [-0.3, -0.25) is 19.3 Å². The highest BCUT2D eigenvalue weighted by molar-refractivity contribution is 7.98. The van der Waals surface area contributed by atoms with Gasteiger partial charge in [-0.25, -0.2) is 4.39 Å². The van der Waals surface area contributed by atoms with E-state index in [0.29, 0.717) is 28.9 Å². The zero-order valence-electron chi connectivity index (χ0n) is 17.0. The van der Waals surface area contributed by atoms with Gasteiger partial charge in [0.25, 0.3) is 11.8 Å². The largest absolute Gasteiger partial charge is 0.494 e. The number of imide groups is 1. The smallest absolute Gasteiger partial charge is 0.262 e. The fraction of sp³-hybridized carbons (Fsp3) is 0.318. The van der Waals surface area contributed by atoms with Crippen molar-refractivity contribution in [1.29, 1.82) is 0 Å². The predicted molar refractivity (Wildman–Crippen MR) is 113 cm³/mol. The standard InChI is InChI=1S/C22H23FN2O4S/c1-13(14-8-9-19(29-2)17(23)12-14)24-20(26)18(10-11-30-3)25-21(27)15-6-4-5-7-16(15)22(25)28/h4-9,12-13,18H,10-11H2,1-3H3,(H,24,26)/t13-,18+/m0/s1. The lowest BCUT2D eigenvalue weighted by Crippen LogP contribution is -2.50. The zero-order chi connectivity index (χ0) is 21.8. The lowest BCUT2D eigenvalue weighted by atomic mass is 10.1. The predicted octanol–water partition coefficient (Wildman–Crippen LogP) is 3.43. The first-order valence-corrected chi connectivity index (χ1v) is 10.9. The second-order valence-electron chi connectivity index (χ2n) is 6.95. The molecule has 0 aromatic heterocycles. The van der Waals surface area contributed by atoms with Gasteiger partial charge in [0.05, 0.1) is 24.3 Å². The number of benzene rings is 2. The summed E-state index contributed by atoms with van der Waals surface area (Å²) in [4.78, 5) is 39.8. The third-order valence-corrected chi connectivity index (χ3v) is 5.71. The van der Waals surface area contributed by atoms with Crippen molar-refractivity contribution in [2.45, 2.75) is 25.4 Å². The first-order valence-electron chi connectivity index (χ1n) is 9.48. The number of carbonyl (C=O) groups excluding carboxylic acids is 3. The average Bonchev–Trinajstić information content (AvgIpc) is 2.99. The number of hydrogen-bond donors (Lipinski definition) is 1. The van der Waals surface area contributed by atoms with Gasteiger partial charge in [-0.15, -0.1) is 0 Å². The number of thioether (sulfide) groups is 1. The van der Waals surface area contributed by atoms with Crippen molar-refractivity contribution < 1.29 is 23.5 Å². The molecule has 1 N–H and O–H groups in total. The highest BCUT2D eigenvalue weighted by Crippen LogP contribution is 2.27. The maximum atomic E-state index is 14.0. The van der Waals surface area contributed by atoms with Gasteiger partial charge in [-0.1, -0.05) is 18.2 Å². The minimum atomic E-state index is -0.949. The minimum absolute atomic E-state index is 0.112. The highest BCUT2D eigenvalue weighted by atomic mass is 32.2. The van der Waals surface area contributed by atoms with Crippen molar-refractivity contribution in [3.8, 4) is 5.75 Å². The van der Waals surface area contributed by atoms with Crippen LogP contribution in [0, 0.1) is 5.82 Å². The maximum absolute atomic E-state index is 14.0. The Hall–Kier alpha value is -2.87. The fourth-order valence-electron chi connectivity index (χ4n) is 3.44. The maximum Gasteiger partial charge on any atom is 0.262 e. The van der Waals surface area contributed by atoms with E-state index in [1.807, 2.05) is 6.26 Å². The topological polar surface area (TPSA) is 75.7 Å². The van der Waals surface area contributed by atoms with E-state index in [1.54, 1.807) is 37.3 Å². The van der Waals surface area contributed by atoms with Crippen LogP contribution in [0.4, 0.5) is 4.39 Å². The molecule has 0 spiro atoms. The number of halogens is 1. The van der Waals surface area contributed by atoms with E-state index in [2.05, 4.69) is 5.32 Å². The lowest BCUT2D eigenvalue weighted by molar-refractivity contribution is -0.125. The normalized spacial score (nSPS) is 15.0. The third kappa shape index (κ3) is 4.18. The van der Waals surface area contributed by atoms with Crippen LogP contribution in [0.25, 0.3) is 0 Å². The molecule has 1 heterocycles. The first-order chi connectivity index (χ1) is 14.4. The van der Waals surface area contributed by atoms with Crippen LogP contribution in [0.1, 0.15) is 45.7 Å². The molecule has 1 aliphatic rings. The molecule has 0 unspecified atom stereocenters. The molecular formula is C22H23FN2O4S. The number of fused-ring (bicyclic) bond motifs is 1. The Morgan fingerprint density at radius 3 is 2.33 bits per heavy atom. The molecule has 1 aliphatic heterocycles. The average molecular weight is 431 g/mol. The quantitative estimate of drug-likeness (QED) is 0.650. The molecule has 0 bridgehead atoms. The number of carbonyl (C=O) groups is 3. The summed E-state index contributed by atoms with van der Waals surface area (Å²) >= 11 is 1.52. The summed E-state index contributed by atoms with van der Waals surface area (Å²) in [6.07, 6.45) is 2.21. The third-order valence-electron chi connectivity index (χ3n) is 5.07. The van der Waals surface area contributed by atoms with Gasteiger partial charge in [0.15, 0.2) is 11.6 Å². The lowest BCUT2D eigenvalue weighted by Gasteiger charge is -2.27. The number of amides is 3. The van der Waals surface area contributed by atoms with Crippen molar-refractivity contribution in [3.63, 3.8) is 0 Å². The Labute approximate surface area is 178 Å². The van der Waals surface area contributed by atoms with Crippen LogP contribution in [0.5, 0.6) is 5.75 Å². The molecule has 2 aromatic rings. The molecule has 158 valence electrons. The van der Waals surface area contributed by atoms with Gasteiger partial charge < -0.3 is 10.1 Å². The van der Waals surface area contributed by atoms with Crippen molar-refractivity contribution >= 4 is 29.5 Å². The SMILES string of the molecule is COc1ccc([C@H](C)NC(=O)[C@@H](CCSC)N2C(=O)c3ccccc3C2=O)cc1F. The second kappa shape index (κ2) is 9.30. The van der Waals surface area contributed by atoms with Crippen molar-refractivity contribution in [3.05, 3.63) is 65.0 Å². The summed E-state index contributed by atoms with van der Waals surface area (Å²) in [5.74, 6) is -1.23. The van der Waals surface area contributed by atoms with Gasteiger partial charge in [0.2, 0.25) is 5.91 Å². The number of hydrogen-bond acceptors (Lipinski definition) is 5. The molecule has 3 rings (SSSR count). The monoisotopic (exact) mass is 430 g/mol. The summed E-state index contributed by atoms with van der Waals surface area (Å²) in [5.41, 5.74) is 1.15. The summed E-state index contributed by atoms with van der Waals surface area (Å²) in [6.45, 7) is 1.72. The van der Waals surface area contributed by atoms with Crippen LogP contribution in [-0.4, -0.2) is 47.8 Å². The molecule has 30 heavy (non-hydrogen) atoms. The molecule has 0 fully saturated rings. The Kier molecular flexibility index (Phi) is 6.77. The number of rotatable bonds is 8. The number of ether oxygens (including phenoxy) is 1. The van der Waals surface area contributed by atoms with E-state index in [-0.39, 0.29) is 5.75 Å². The Morgan fingerprint density at radius 1 is 1.17 bits per heavy atom. The molecule has 0 radical (unpaired) electrons. The summed E-state index contributed by atoms with van der Waals surface area (Å²) in [7, 11) is 1.38. The Balaban J connectivity index is 1.82. The molecule has 6 nitrogen and oxygen atoms in total. The summed E-state index contributed by atoms with van der Waals surface area (Å²) in [6, 6.07) is 9.51. The van der Waals surface area contributed by atoms with Crippen LogP contribution in [0.3, 0.4) is 0 Å². The van der Waals surface area contributed by atoms with E-state index < -0.39 is 35.6 Å². The van der Waals surface area contributed by atoms with Crippen LogP contribution in [0.2, 0.25) is 0 Å². The van der Waals surface area contributed by atoms with E-state index in [9.17, 15) is 18.8 Å². The molecule has 2 aromatic carbocycles. The number of nitrogens with zero attached hydrogens (tertiary/aromatic N) is 1. The van der Waals surface area contributed by atoms with E-state index in [1.165, 1.54) is 31.0 Å². The van der Waals surface area contributed by atoms with Crippen LogP contribution in [0.15, 0.2) is 42.5 Å². The number of methoxy groups -OCH3 is 1. The Bertz CT molecular complexity index is 946. The van der Waals surface area contributed by atoms with Crippen molar-refractivity contribution in [1.82, 2.24) is 10.2 Å². The highest BCUT2D eigenvalue weighted by Gasteiger charge is 2.42. The van der Waals surface area contributed by atoms with Gasteiger partial charge in [-0.05, 0) is 55.2 Å². The van der Waals surface area contributed by atoms with E-state index >= 15 is 0 Å². The molecule has 0 saturated heterocycles. The molecule has 0 saturated carbocycles. The van der Waals surface area contributed by atoms with Gasteiger partial charge in [-0.2, -0.15) is 11.8 Å². The fourth-order valence-corrected chi connectivity index (χ4v) is 3.90. The first kappa shape index (κ1) is 21.8. The van der Waals surface area contributed by atoms with Crippen molar-refractivity contribution in [2.24, 2.45) is 0 Å². The Morgan fingerprint density at radius 2 is 1.80 bits per heavy atom. The van der Waals surface area contributed by atoms with Crippen LogP contribution >= 0.6 is 11.8 Å². The van der Waals surface area contributed by atoms with Gasteiger partial charge >= 0.3 is 0 Å². The van der Waals surface area contributed by atoms with Gasteiger partial charge in [0.1, 0.15) is 6.04 Å². The van der Waals surface area contributed by atoms with E-state index in [0.717, 1.165) is 4.90 Å². The minimum Gasteiger partial charge on any atom is -0.494 e. The summed E-state index contributed by atoms with van der Waals surface area (Å²) < 4.78 is 19.0. The van der Waals surface area contributed by atoms with E-state index in [4.69, 9.17) is 4.74 Å². The molecular weight excluding hydrogens is 407 g/mol. The molecule has 8 heteroatoms. The summed E-state index contributed by atoms with van der Waals surface area (Å²) in [5, 5.41) is 2.81. The second-order valence-corrected chi connectivity index (χ2v) is 7.93. The zero-order valence-corrected chi connectivity index (χ0v) is 17.8. The van der Waals surface area contributed by atoms with Gasteiger partial charge in [0, 0.05) is 0 Å². The number of nitrogens with one attached hydrogen (secondary N) is 1. The van der Waals surface area contributed by atoms with Crippen molar-refractivity contribution in [2.75, 3.05) is 19.1 Å². The molecule has 2 atom stereocenters. The molecule has 3 amide bonds. The molecule has 0 aliphatic carbocycles. The van der Waals surface area contributed by atoms with Crippen LogP contribution < -0.4 is 10.1 Å².